The molecule has 0 atom stereocenters. The summed E-state index contributed by atoms with van der Waals surface area (Å²) in [6.07, 6.45) is 2.21. The number of nitrogens with one attached hydrogen (secondary N) is 2. The summed E-state index contributed by atoms with van der Waals surface area (Å²) in [6, 6.07) is 4.68. The predicted molar refractivity (Wildman–Crippen MR) is 120 cm³/mol. The minimum atomic E-state index is 0.418. The number of anilines is 1. The number of hydrogen-bond donors (Lipinski definition) is 2. The lowest BCUT2D eigenvalue weighted by Crippen LogP contribution is -2.36. The molecule has 4 aromatic rings. The third-order valence-corrected chi connectivity index (χ3v) is 6.27. The van der Waals surface area contributed by atoms with Gasteiger partial charge < -0.3 is 24.2 Å². The van der Waals surface area contributed by atoms with Crippen molar-refractivity contribution < 1.29 is 9.05 Å². The van der Waals surface area contributed by atoms with Gasteiger partial charge in [-0.25, -0.2) is 4.98 Å². The molecule has 162 valence electrons. The zero-order chi connectivity index (χ0) is 21.7. The molecule has 0 saturated carbocycles. The summed E-state index contributed by atoms with van der Waals surface area (Å²) in [5.41, 5.74) is 7.60. The molecule has 1 aromatic carbocycles. The van der Waals surface area contributed by atoms with Crippen LogP contribution in [-0.2, 0) is 0 Å². The smallest absolute Gasteiger partial charge is 0.201 e. The lowest BCUT2D eigenvalue weighted by Gasteiger charge is -2.29. The second kappa shape index (κ2) is 7.53. The van der Waals surface area contributed by atoms with Crippen molar-refractivity contribution in [2.24, 2.45) is 0 Å². The number of piperidine rings is 1. The normalized spacial score (nSPS) is 15.8. The van der Waals surface area contributed by atoms with E-state index >= 15 is 0 Å². The maximum Gasteiger partial charge on any atom is 0.201 e. The van der Waals surface area contributed by atoms with Crippen molar-refractivity contribution in [3.05, 3.63) is 35.0 Å². The number of imidazole rings is 1. The van der Waals surface area contributed by atoms with Crippen LogP contribution >= 0.6 is 0 Å². The first kappa shape index (κ1) is 19.8. The summed E-state index contributed by atoms with van der Waals surface area (Å²) in [5, 5.41) is 11.9. The summed E-state index contributed by atoms with van der Waals surface area (Å²) in [4.78, 5) is 10.8. The number of likely N-dealkylation sites (tertiary alicyclic amines) is 1. The quantitative estimate of drug-likeness (QED) is 0.497. The van der Waals surface area contributed by atoms with Gasteiger partial charge in [-0.3, -0.25) is 0 Å². The molecule has 1 fully saturated rings. The number of aryl methyl sites for hydroxylation is 4. The van der Waals surface area contributed by atoms with E-state index in [2.05, 4.69) is 44.7 Å². The fraction of sp³-hybridized carbons (Fsp3) is 0.435. The zero-order valence-electron chi connectivity index (χ0n) is 18.7. The van der Waals surface area contributed by atoms with Crippen LogP contribution in [0.2, 0.25) is 0 Å². The van der Waals surface area contributed by atoms with E-state index < -0.39 is 0 Å². The summed E-state index contributed by atoms with van der Waals surface area (Å²) in [7, 11) is 2.17. The van der Waals surface area contributed by atoms with Crippen LogP contribution < -0.4 is 5.32 Å². The highest BCUT2D eigenvalue weighted by Crippen LogP contribution is 2.38. The molecule has 8 heteroatoms. The van der Waals surface area contributed by atoms with Crippen molar-refractivity contribution in [3.63, 3.8) is 0 Å². The molecule has 3 aromatic heterocycles. The van der Waals surface area contributed by atoms with Crippen molar-refractivity contribution >= 4 is 17.0 Å². The average molecular weight is 421 g/mol. The number of aromatic nitrogens is 4. The highest BCUT2D eigenvalue weighted by molar-refractivity contribution is 5.98. The van der Waals surface area contributed by atoms with E-state index in [4.69, 9.17) is 14.0 Å². The van der Waals surface area contributed by atoms with Crippen LogP contribution in [0.1, 0.15) is 35.7 Å². The largest absolute Gasteiger partial charge is 0.361 e. The molecule has 1 aliphatic rings. The Morgan fingerprint density at radius 2 is 1.61 bits per heavy atom. The van der Waals surface area contributed by atoms with E-state index in [1.807, 2.05) is 27.7 Å². The summed E-state index contributed by atoms with van der Waals surface area (Å²) in [6.45, 7) is 10.00. The molecule has 31 heavy (non-hydrogen) atoms. The van der Waals surface area contributed by atoms with E-state index in [1.165, 1.54) is 0 Å². The first-order chi connectivity index (χ1) is 14.9. The van der Waals surface area contributed by atoms with Crippen LogP contribution in [0.3, 0.4) is 0 Å². The Bertz CT molecular complexity index is 1200. The van der Waals surface area contributed by atoms with Crippen molar-refractivity contribution in [1.29, 1.82) is 0 Å². The maximum atomic E-state index is 5.48. The van der Waals surface area contributed by atoms with Crippen LogP contribution in [0, 0.1) is 27.7 Å². The van der Waals surface area contributed by atoms with Crippen LogP contribution in [0.4, 0.5) is 5.95 Å². The molecule has 2 N–H and O–H groups in total. The summed E-state index contributed by atoms with van der Waals surface area (Å²) < 4.78 is 10.9. The number of rotatable bonds is 4. The molecular formula is C23H28N6O2. The molecule has 0 radical (unpaired) electrons. The molecule has 5 rings (SSSR count). The Hall–Kier alpha value is -3.13. The Balaban J connectivity index is 1.64. The SMILES string of the molecule is Cc1noc(C)c1-c1cc(-c2c(C)noc2C)c2nc(NC3CCN(C)CC3)[nH]c2c1. The Morgan fingerprint density at radius 3 is 2.23 bits per heavy atom. The monoisotopic (exact) mass is 420 g/mol. The molecule has 0 amide bonds. The Morgan fingerprint density at radius 1 is 0.968 bits per heavy atom. The molecule has 8 nitrogen and oxygen atoms in total. The van der Waals surface area contributed by atoms with E-state index in [1.54, 1.807) is 0 Å². The van der Waals surface area contributed by atoms with E-state index in [9.17, 15) is 0 Å². The van der Waals surface area contributed by atoms with Crippen LogP contribution in [0.5, 0.6) is 0 Å². The highest BCUT2D eigenvalue weighted by atomic mass is 16.5. The molecule has 1 aliphatic heterocycles. The standard InChI is InChI=1S/C23H28N6O2/c1-12-20(14(3)30-27-12)16-10-18(21-13(2)28-31-15(21)4)22-19(11-16)25-23(26-22)24-17-6-8-29(5)9-7-17/h10-11,17H,6-9H2,1-5H3,(H2,24,25,26). The number of hydrogen-bond acceptors (Lipinski definition) is 7. The van der Waals surface area contributed by atoms with Gasteiger partial charge in [-0.05, 0) is 78.4 Å². The van der Waals surface area contributed by atoms with Gasteiger partial charge in [0.2, 0.25) is 5.95 Å². The predicted octanol–water partition coefficient (Wildman–Crippen LogP) is 4.61. The summed E-state index contributed by atoms with van der Waals surface area (Å²) >= 11 is 0. The molecule has 0 spiro atoms. The van der Waals surface area contributed by atoms with Gasteiger partial charge in [-0.2, -0.15) is 0 Å². The number of H-pyrrole nitrogens is 1. The number of benzene rings is 1. The molecule has 1 saturated heterocycles. The average Bonchev–Trinajstić information content (AvgIpc) is 3.40. The van der Waals surface area contributed by atoms with Gasteiger partial charge in [0.05, 0.1) is 22.4 Å². The second-order valence-corrected chi connectivity index (χ2v) is 8.63. The van der Waals surface area contributed by atoms with Crippen molar-refractivity contribution in [2.45, 2.75) is 46.6 Å². The zero-order valence-corrected chi connectivity index (χ0v) is 18.7. The van der Waals surface area contributed by atoms with Crippen LogP contribution in [0.25, 0.3) is 33.3 Å². The van der Waals surface area contributed by atoms with E-state index in [-0.39, 0.29) is 0 Å². The van der Waals surface area contributed by atoms with Crippen LogP contribution in [0.15, 0.2) is 21.2 Å². The molecule has 0 unspecified atom stereocenters. The number of aromatic amines is 1. The van der Waals surface area contributed by atoms with Gasteiger partial charge in [-0.1, -0.05) is 10.3 Å². The summed E-state index contributed by atoms with van der Waals surface area (Å²) in [5.74, 6) is 2.38. The third-order valence-electron chi connectivity index (χ3n) is 6.27. The maximum absolute atomic E-state index is 5.48. The highest BCUT2D eigenvalue weighted by Gasteiger charge is 2.22. The Kier molecular flexibility index (Phi) is 4.81. The first-order valence-corrected chi connectivity index (χ1v) is 10.8. The minimum Gasteiger partial charge on any atom is -0.361 e. The number of fused-ring (bicyclic) bond motifs is 1. The van der Waals surface area contributed by atoms with Crippen molar-refractivity contribution in [1.82, 2.24) is 25.2 Å². The van der Waals surface area contributed by atoms with Gasteiger partial charge in [-0.15, -0.1) is 0 Å². The lowest BCUT2D eigenvalue weighted by atomic mass is 9.96. The second-order valence-electron chi connectivity index (χ2n) is 8.63. The van der Waals surface area contributed by atoms with Gasteiger partial charge in [0.1, 0.15) is 11.5 Å². The van der Waals surface area contributed by atoms with Gasteiger partial charge in [0.25, 0.3) is 0 Å². The lowest BCUT2D eigenvalue weighted by molar-refractivity contribution is 0.263. The van der Waals surface area contributed by atoms with Gasteiger partial charge in [0, 0.05) is 22.7 Å². The van der Waals surface area contributed by atoms with Crippen LogP contribution in [-0.4, -0.2) is 51.4 Å². The fourth-order valence-electron chi connectivity index (χ4n) is 4.63. The Labute approximate surface area is 181 Å². The first-order valence-electron chi connectivity index (χ1n) is 10.8. The van der Waals surface area contributed by atoms with E-state index in [0.717, 1.165) is 88.1 Å². The van der Waals surface area contributed by atoms with Gasteiger partial charge in [0.15, 0.2) is 0 Å². The van der Waals surface area contributed by atoms with E-state index in [0.29, 0.717) is 6.04 Å². The molecule has 0 bridgehead atoms. The fourth-order valence-corrected chi connectivity index (χ4v) is 4.63. The molecule has 0 aliphatic carbocycles. The molecular weight excluding hydrogens is 392 g/mol. The number of nitrogens with zero attached hydrogens (tertiary/aromatic N) is 4. The van der Waals surface area contributed by atoms with Crippen molar-refractivity contribution in [2.75, 3.05) is 25.5 Å². The minimum absolute atomic E-state index is 0.418. The van der Waals surface area contributed by atoms with Gasteiger partial charge >= 0.3 is 0 Å². The molecule has 4 heterocycles. The van der Waals surface area contributed by atoms with Crippen molar-refractivity contribution in [3.8, 4) is 22.3 Å². The topological polar surface area (TPSA) is 96.0 Å². The third kappa shape index (κ3) is 3.50.